The Kier molecular flexibility index (Phi) is 3.74. The molecular weight excluding hydrogens is 266 g/mol. The number of fused-ring (bicyclic) bond motifs is 1. The Labute approximate surface area is 133 Å². The van der Waals surface area contributed by atoms with Crippen LogP contribution >= 0.6 is 0 Å². The highest BCUT2D eigenvalue weighted by Crippen LogP contribution is 2.31. The Balaban J connectivity index is 2.28. The molecule has 1 nitrogen and oxygen atoms in total. The van der Waals surface area contributed by atoms with Crippen molar-refractivity contribution < 1.29 is 0 Å². The molecule has 0 spiro atoms. The topological polar surface area (TPSA) is 12.9 Å². The maximum Gasteiger partial charge on any atom is 0.0780 e. The summed E-state index contributed by atoms with van der Waals surface area (Å²) in [7, 11) is 0. The van der Waals surface area contributed by atoms with Gasteiger partial charge < -0.3 is 0 Å². The minimum atomic E-state index is 0.527. The lowest BCUT2D eigenvalue weighted by atomic mass is 9.94. The van der Waals surface area contributed by atoms with Crippen LogP contribution in [0.5, 0.6) is 0 Å². The molecule has 3 rings (SSSR count). The summed E-state index contributed by atoms with van der Waals surface area (Å²) in [4.78, 5) is 4.69. The van der Waals surface area contributed by atoms with Crippen LogP contribution in [0.25, 0.3) is 22.0 Å². The molecule has 1 aromatic heterocycles. The molecule has 22 heavy (non-hydrogen) atoms. The number of benzene rings is 2. The highest BCUT2D eigenvalue weighted by Gasteiger charge is 2.10. The smallest absolute Gasteiger partial charge is 0.0780 e. The van der Waals surface area contributed by atoms with E-state index >= 15 is 0 Å². The monoisotopic (exact) mass is 289 g/mol. The maximum absolute atomic E-state index is 4.69. The first-order chi connectivity index (χ1) is 10.5. The van der Waals surface area contributed by atoms with Gasteiger partial charge in [0.25, 0.3) is 0 Å². The van der Waals surface area contributed by atoms with E-state index in [4.69, 9.17) is 0 Å². The lowest BCUT2D eigenvalue weighted by Gasteiger charge is -2.13. The molecule has 1 heterocycles. The predicted molar refractivity (Wildman–Crippen MR) is 95.5 cm³/mol. The Hall–Kier alpha value is -2.15. The van der Waals surface area contributed by atoms with E-state index in [9.17, 15) is 0 Å². The molecular formula is C21H23N. The van der Waals surface area contributed by atoms with E-state index in [1.54, 1.807) is 0 Å². The van der Waals surface area contributed by atoms with Gasteiger partial charge in [-0.3, -0.25) is 4.98 Å². The summed E-state index contributed by atoms with van der Waals surface area (Å²) in [5.41, 5.74) is 7.69. The van der Waals surface area contributed by atoms with Crippen LogP contribution in [0.2, 0.25) is 0 Å². The van der Waals surface area contributed by atoms with Gasteiger partial charge in [-0.25, -0.2) is 0 Å². The Morgan fingerprint density at radius 1 is 0.864 bits per heavy atom. The van der Waals surface area contributed by atoms with Crippen LogP contribution in [0.4, 0.5) is 0 Å². The van der Waals surface area contributed by atoms with Gasteiger partial charge in [-0.1, -0.05) is 26.0 Å². The molecule has 0 aliphatic heterocycles. The molecule has 0 radical (unpaired) electrons. The largest absolute Gasteiger partial charge is 0.256 e. The molecule has 0 saturated carbocycles. The van der Waals surface area contributed by atoms with Crippen LogP contribution in [0.15, 0.2) is 42.6 Å². The molecule has 0 atom stereocenters. The maximum atomic E-state index is 4.69. The molecule has 2 aromatic carbocycles. The Bertz CT molecular complexity index is 821. The van der Waals surface area contributed by atoms with Crippen molar-refractivity contribution in [1.82, 2.24) is 4.98 Å². The summed E-state index contributed by atoms with van der Waals surface area (Å²) < 4.78 is 0. The van der Waals surface area contributed by atoms with Gasteiger partial charge >= 0.3 is 0 Å². The van der Waals surface area contributed by atoms with Crippen molar-refractivity contribution in [2.75, 3.05) is 0 Å². The molecule has 112 valence electrons. The number of aromatic nitrogens is 1. The number of rotatable bonds is 2. The first kappa shape index (κ1) is 14.8. The van der Waals surface area contributed by atoms with E-state index in [-0.39, 0.29) is 0 Å². The summed E-state index contributed by atoms with van der Waals surface area (Å²) >= 11 is 0. The molecule has 0 bridgehead atoms. The zero-order chi connectivity index (χ0) is 15.9. The summed E-state index contributed by atoms with van der Waals surface area (Å²) in [6.45, 7) is 11.0. The Morgan fingerprint density at radius 2 is 1.55 bits per heavy atom. The van der Waals surface area contributed by atoms with Gasteiger partial charge in [0.15, 0.2) is 0 Å². The highest BCUT2D eigenvalue weighted by atomic mass is 14.7. The standard InChI is InChI=1S/C21H23N/c1-13(2)18-7-6-17-8-9-22-21(20(17)12-18)19-10-14(3)16(5)15(4)11-19/h6-13H,1-5H3. The minimum Gasteiger partial charge on any atom is -0.256 e. The fourth-order valence-electron chi connectivity index (χ4n) is 2.95. The second kappa shape index (κ2) is 5.57. The molecule has 0 N–H and O–H groups in total. The lowest BCUT2D eigenvalue weighted by Crippen LogP contribution is -1.93. The van der Waals surface area contributed by atoms with Crippen molar-refractivity contribution >= 4 is 10.8 Å². The highest BCUT2D eigenvalue weighted by molar-refractivity contribution is 5.95. The van der Waals surface area contributed by atoms with Gasteiger partial charge in [-0.15, -0.1) is 0 Å². The van der Waals surface area contributed by atoms with Crippen LogP contribution < -0.4 is 0 Å². The van der Waals surface area contributed by atoms with E-state index in [2.05, 4.69) is 76.0 Å². The van der Waals surface area contributed by atoms with Crippen molar-refractivity contribution in [1.29, 1.82) is 0 Å². The van der Waals surface area contributed by atoms with Crippen molar-refractivity contribution in [2.24, 2.45) is 0 Å². The van der Waals surface area contributed by atoms with Crippen molar-refractivity contribution in [3.8, 4) is 11.3 Å². The lowest BCUT2D eigenvalue weighted by molar-refractivity contribution is 0.869. The number of pyridine rings is 1. The average Bonchev–Trinajstić information content (AvgIpc) is 2.51. The fourth-order valence-corrected chi connectivity index (χ4v) is 2.95. The van der Waals surface area contributed by atoms with Gasteiger partial charge in [-0.2, -0.15) is 0 Å². The van der Waals surface area contributed by atoms with Gasteiger partial charge in [0.2, 0.25) is 0 Å². The molecule has 3 aromatic rings. The summed E-state index contributed by atoms with van der Waals surface area (Å²) in [5, 5.41) is 2.50. The zero-order valence-electron chi connectivity index (χ0n) is 14.1. The van der Waals surface area contributed by atoms with Gasteiger partial charge in [-0.05, 0) is 78.6 Å². The first-order valence-corrected chi connectivity index (χ1v) is 7.94. The van der Waals surface area contributed by atoms with Crippen molar-refractivity contribution in [2.45, 2.75) is 40.5 Å². The van der Waals surface area contributed by atoms with Crippen LogP contribution in [-0.2, 0) is 0 Å². The second-order valence-electron chi connectivity index (χ2n) is 6.53. The number of hydrogen-bond donors (Lipinski definition) is 0. The number of nitrogens with zero attached hydrogens (tertiary/aromatic N) is 1. The third-order valence-corrected chi connectivity index (χ3v) is 4.66. The predicted octanol–water partition coefficient (Wildman–Crippen LogP) is 5.95. The SMILES string of the molecule is Cc1cc(-c2nccc3ccc(C(C)C)cc23)cc(C)c1C. The van der Waals surface area contributed by atoms with Crippen LogP contribution in [0, 0.1) is 20.8 Å². The van der Waals surface area contributed by atoms with Gasteiger partial charge in [0.05, 0.1) is 5.69 Å². The van der Waals surface area contributed by atoms with Crippen molar-refractivity contribution in [3.63, 3.8) is 0 Å². The number of aryl methyl sites for hydroxylation is 2. The van der Waals surface area contributed by atoms with E-state index in [0.717, 1.165) is 5.69 Å². The fraction of sp³-hybridized carbons (Fsp3) is 0.286. The zero-order valence-corrected chi connectivity index (χ0v) is 14.1. The summed E-state index contributed by atoms with van der Waals surface area (Å²) in [6.07, 6.45) is 1.91. The van der Waals surface area contributed by atoms with E-state index in [1.165, 1.54) is 38.6 Å². The van der Waals surface area contributed by atoms with E-state index in [1.807, 2.05) is 6.20 Å². The quantitative estimate of drug-likeness (QED) is 0.568. The third-order valence-electron chi connectivity index (χ3n) is 4.66. The molecule has 0 fully saturated rings. The summed E-state index contributed by atoms with van der Waals surface area (Å²) in [5.74, 6) is 0.527. The minimum absolute atomic E-state index is 0.527. The molecule has 0 aliphatic carbocycles. The normalized spacial score (nSPS) is 11.4. The van der Waals surface area contributed by atoms with E-state index in [0.29, 0.717) is 5.92 Å². The third kappa shape index (κ3) is 2.52. The van der Waals surface area contributed by atoms with E-state index < -0.39 is 0 Å². The molecule has 0 amide bonds. The average molecular weight is 289 g/mol. The van der Waals surface area contributed by atoms with Gasteiger partial charge in [0.1, 0.15) is 0 Å². The Morgan fingerprint density at radius 3 is 2.18 bits per heavy atom. The van der Waals surface area contributed by atoms with Crippen molar-refractivity contribution in [3.05, 3.63) is 64.8 Å². The van der Waals surface area contributed by atoms with Crippen LogP contribution in [0.3, 0.4) is 0 Å². The molecule has 0 aliphatic rings. The molecule has 0 saturated heterocycles. The van der Waals surface area contributed by atoms with Gasteiger partial charge in [0, 0.05) is 17.1 Å². The first-order valence-electron chi connectivity index (χ1n) is 7.94. The summed E-state index contributed by atoms with van der Waals surface area (Å²) in [6, 6.07) is 13.3. The molecule has 1 heteroatoms. The van der Waals surface area contributed by atoms with Crippen LogP contribution in [-0.4, -0.2) is 4.98 Å². The second-order valence-corrected chi connectivity index (χ2v) is 6.53. The van der Waals surface area contributed by atoms with Crippen LogP contribution in [0.1, 0.15) is 42.0 Å². The molecule has 0 unspecified atom stereocenters. The number of hydrogen-bond acceptors (Lipinski definition) is 1.